The van der Waals surface area contributed by atoms with Crippen LogP contribution < -0.4 is 5.32 Å². The average Bonchev–Trinajstić information content (AvgIpc) is 2.68. The number of thiophene rings is 1. The van der Waals surface area contributed by atoms with Crippen LogP contribution >= 0.6 is 22.9 Å². The van der Waals surface area contributed by atoms with Crippen molar-refractivity contribution in [2.24, 2.45) is 0 Å². The molecule has 0 unspecified atom stereocenters. The minimum absolute atomic E-state index is 0.793. The van der Waals surface area contributed by atoms with Gasteiger partial charge in [0.25, 0.3) is 0 Å². The first kappa shape index (κ1) is 11.6. The Morgan fingerprint density at radius 2 is 2.06 bits per heavy atom. The molecule has 1 N–H and O–H groups in total. The Morgan fingerprint density at radius 3 is 2.69 bits per heavy atom. The van der Waals surface area contributed by atoms with E-state index in [4.69, 9.17) is 11.6 Å². The van der Waals surface area contributed by atoms with Gasteiger partial charge in [0.15, 0.2) is 0 Å². The Balaban J connectivity index is 2.48. The first-order valence-electron chi connectivity index (χ1n) is 5.20. The summed E-state index contributed by atoms with van der Waals surface area (Å²) in [7, 11) is 1.96. The van der Waals surface area contributed by atoms with E-state index in [2.05, 4.69) is 30.4 Å². The topological polar surface area (TPSA) is 12.0 Å². The zero-order valence-electron chi connectivity index (χ0n) is 9.38. The number of nitrogens with one attached hydrogen (secondary N) is 1. The highest BCUT2D eigenvalue weighted by atomic mass is 35.5. The van der Waals surface area contributed by atoms with E-state index in [1.807, 2.05) is 19.2 Å². The molecule has 0 saturated carbocycles. The standard InChI is InChI=1S/C13H14ClNS/c1-9-3-6-13(16-9)12-7-11(14)5-4-10(12)8-15-2/h3-7,15H,8H2,1-2H3. The van der Waals surface area contributed by atoms with Gasteiger partial charge in [-0.1, -0.05) is 17.7 Å². The third kappa shape index (κ3) is 2.46. The Hall–Kier alpha value is -0.830. The normalized spacial score (nSPS) is 10.7. The van der Waals surface area contributed by atoms with Crippen LogP contribution in [0.1, 0.15) is 10.4 Å². The van der Waals surface area contributed by atoms with Crippen LogP contribution in [0, 0.1) is 6.92 Å². The summed E-state index contributed by atoms with van der Waals surface area (Å²) < 4.78 is 0. The third-order valence-corrected chi connectivity index (χ3v) is 3.71. The summed E-state index contributed by atoms with van der Waals surface area (Å²) in [5.74, 6) is 0. The van der Waals surface area contributed by atoms with Crippen molar-refractivity contribution < 1.29 is 0 Å². The molecule has 1 aromatic carbocycles. The summed E-state index contributed by atoms with van der Waals surface area (Å²) in [6, 6.07) is 10.4. The van der Waals surface area contributed by atoms with Crippen LogP contribution in [0.15, 0.2) is 30.3 Å². The largest absolute Gasteiger partial charge is 0.316 e. The zero-order valence-corrected chi connectivity index (χ0v) is 11.0. The molecule has 84 valence electrons. The van der Waals surface area contributed by atoms with Gasteiger partial charge in [0.05, 0.1) is 0 Å². The second-order valence-corrected chi connectivity index (χ2v) is 5.47. The van der Waals surface area contributed by atoms with Crippen molar-refractivity contribution in [1.29, 1.82) is 0 Å². The summed E-state index contributed by atoms with van der Waals surface area (Å²) >= 11 is 7.86. The van der Waals surface area contributed by atoms with Gasteiger partial charge in [-0.05, 0) is 49.4 Å². The molecule has 0 bridgehead atoms. The van der Waals surface area contributed by atoms with Crippen LogP contribution in [-0.2, 0) is 6.54 Å². The van der Waals surface area contributed by atoms with Gasteiger partial charge < -0.3 is 5.32 Å². The van der Waals surface area contributed by atoms with Crippen molar-refractivity contribution in [1.82, 2.24) is 5.32 Å². The van der Waals surface area contributed by atoms with Gasteiger partial charge in [-0.2, -0.15) is 0 Å². The third-order valence-electron chi connectivity index (χ3n) is 2.44. The smallest absolute Gasteiger partial charge is 0.0412 e. The lowest BCUT2D eigenvalue weighted by Crippen LogP contribution is -2.05. The predicted octanol–water partition coefficient (Wildman–Crippen LogP) is 4.10. The number of aryl methyl sites for hydroxylation is 1. The number of rotatable bonds is 3. The molecule has 2 rings (SSSR count). The molecule has 0 fully saturated rings. The SMILES string of the molecule is CNCc1ccc(Cl)cc1-c1ccc(C)s1. The molecule has 0 atom stereocenters. The van der Waals surface area contributed by atoms with Crippen molar-refractivity contribution in [2.45, 2.75) is 13.5 Å². The first-order chi connectivity index (χ1) is 7.70. The molecular weight excluding hydrogens is 238 g/mol. The van der Waals surface area contributed by atoms with Crippen LogP contribution in [0.5, 0.6) is 0 Å². The molecule has 0 aliphatic heterocycles. The van der Waals surface area contributed by atoms with Crippen LogP contribution in [0.2, 0.25) is 5.02 Å². The van der Waals surface area contributed by atoms with Crippen LogP contribution in [0.3, 0.4) is 0 Å². The molecule has 1 heterocycles. The molecule has 2 aromatic rings. The molecule has 1 nitrogen and oxygen atoms in total. The maximum atomic E-state index is 6.06. The maximum absolute atomic E-state index is 6.06. The molecule has 0 saturated heterocycles. The summed E-state index contributed by atoms with van der Waals surface area (Å²) in [4.78, 5) is 2.61. The summed E-state index contributed by atoms with van der Waals surface area (Å²) in [6.07, 6.45) is 0. The van der Waals surface area contributed by atoms with Crippen LogP contribution in [0.4, 0.5) is 0 Å². The maximum Gasteiger partial charge on any atom is 0.0412 e. The van der Waals surface area contributed by atoms with E-state index in [0.717, 1.165) is 11.6 Å². The van der Waals surface area contributed by atoms with Gasteiger partial charge in [-0.15, -0.1) is 11.3 Å². The van der Waals surface area contributed by atoms with Crippen molar-refractivity contribution >= 4 is 22.9 Å². The first-order valence-corrected chi connectivity index (χ1v) is 6.40. The molecule has 16 heavy (non-hydrogen) atoms. The minimum Gasteiger partial charge on any atom is -0.316 e. The van der Waals surface area contributed by atoms with E-state index < -0.39 is 0 Å². The van der Waals surface area contributed by atoms with Crippen molar-refractivity contribution in [3.8, 4) is 10.4 Å². The molecule has 0 amide bonds. The zero-order chi connectivity index (χ0) is 11.5. The van der Waals surface area contributed by atoms with E-state index in [1.165, 1.54) is 20.9 Å². The van der Waals surface area contributed by atoms with Crippen molar-refractivity contribution in [3.63, 3.8) is 0 Å². The fourth-order valence-corrected chi connectivity index (χ4v) is 2.79. The van der Waals surface area contributed by atoms with E-state index in [1.54, 1.807) is 11.3 Å². The molecule has 0 aliphatic rings. The quantitative estimate of drug-likeness (QED) is 0.866. The molecule has 0 radical (unpaired) electrons. The number of hydrogen-bond acceptors (Lipinski definition) is 2. The fourth-order valence-electron chi connectivity index (χ4n) is 1.70. The summed E-state index contributed by atoms with van der Waals surface area (Å²) in [6.45, 7) is 2.99. The van der Waals surface area contributed by atoms with E-state index in [-0.39, 0.29) is 0 Å². The highest BCUT2D eigenvalue weighted by molar-refractivity contribution is 7.15. The second kappa shape index (κ2) is 5.00. The second-order valence-electron chi connectivity index (χ2n) is 3.74. The molecular formula is C13H14ClNS. The lowest BCUT2D eigenvalue weighted by molar-refractivity contribution is 0.820. The average molecular weight is 252 g/mol. The lowest BCUT2D eigenvalue weighted by Gasteiger charge is -2.08. The van der Waals surface area contributed by atoms with Gasteiger partial charge in [0, 0.05) is 21.3 Å². The fraction of sp³-hybridized carbons (Fsp3) is 0.231. The van der Waals surface area contributed by atoms with Gasteiger partial charge in [0.2, 0.25) is 0 Å². The lowest BCUT2D eigenvalue weighted by atomic mass is 10.1. The molecule has 0 aliphatic carbocycles. The Bertz CT molecular complexity index is 490. The summed E-state index contributed by atoms with van der Waals surface area (Å²) in [5, 5.41) is 3.97. The Morgan fingerprint density at radius 1 is 1.25 bits per heavy atom. The van der Waals surface area contributed by atoms with Crippen molar-refractivity contribution in [3.05, 3.63) is 45.8 Å². The molecule has 3 heteroatoms. The van der Waals surface area contributed by atoms with Crippen LogP contribution in [-0.4, -0.2) is 7.05 Å². The van der Waals surface area contributed by atoms with Crippen molar-refractivity contribution in [2.75, 3.05) is 7.05 Å². The van der Waals surface area contributed by atoms with Crippen LogP contribution in [0.25, 0.3) is 10.4 Å². The Kier molecular flexibility index (Phi) is 3.64. The Labute approximate surface area is 105 Å². The van der Waals surface area contributed by atoms with Gasteiger partial charge in [-0.25, -0.2) is 0 Å². The number of benzene rings is 1. The highest BCUT2D eigenvalue weighted by Gasteiger charge is 2.07. The monoisotopic (exact) mass is 251 g/mol. The molecule has 1 aromatic heterocycles. The number of halogens is 1. The highest BCUT2D eigenvalue weighted by Crippen LogP contribution is 2.32. The van der Waals surface area contributed by atoms with Gasteiger partial charge in [0.1, 0.15) is 0 Å². The van der Waals surface area contributed by atoms with Gasteiger partial charge in [-0.3, -0.25) is 0 Å². The van der Waals surface area contributed by atoms with Gasteiger partial charge >= 0.3 is 0 Å². The van der Waals surface area contributed by atoms with E-state index >= 15 is 0 Å². The minimum atomic E-state index is 0.793. The summed E-state index contributed by atoms with van der Waals surface area (Å²) in [5.41, 5.74) is 2.52. The predicted molar refractivity (Wildman–Crippen MR) is 72.3 cm³/mol. The van der Waals surface area contributed by atoms with E-state index in [9.17, 15) is 0 Å². The molecule has 0 spiro atoms. The number of hydrogen-bond donors (Lipinski definition) is 1. The van der Waals surface area contributed by atoms with E-state index in [0.29, 0.717) is 0 Å².